The highest BCUT2D eigenvalue weighted by Crippen LogP contribution is 2.48. The van der Waals surface area contributed by atoms with E-state index in [9.17, 15) is 4.79 Å². The Balaban J connectivity index is 0.000000762. The number of halogens is 1. The van der Waals surface area contributed by atoms with E-state index in [4.69, 9.17) is 18.9 Å². The highest BCUT2D eigenvalue weighted by atomic mass is 127. The van der Waals surface area contributed by atoms with E-state index in [1.54, 1.807) is 52.4 Å². The molecule has 0 radical (unpaired) electrons. The fourth-order valence-electron chi connectivity index (χ4n) is 3.39. The van der Waals surface area contributed by atoms with Crippen molar-refractivity contribution in [1.82, 2.24) is 0 Å². The second-order valence-corrected chi connectivity index (χ2v) is 11.9. The topological polar surface area (TPSA) is 63.2 Å². The van der Waals surface area contributed by atoms with Crippen LogP contribution in [0.1, 0.15) is 61.7 Å². The maximum Gasteiger partial charge on any atom is 0.435 e. The van der Waals surface area contributed by atoms with Crippen LogP contribution in [0.2, 0.25) is 0 Å². The molecule has 1 aromatic carbocycles. The summed E-state index contributed by atoms with van der Waals surface area (Å²) in [5.74, 6) is 2.43. The molecule has 2 unspecified atom stereocenters. The van der Waals surface area contributed by atoms with Gasteiger partial charge >= 0.3 is 4.05 Å². The molecule has 1 aliphatic rings. The summed E-state index contributed by atoms with van der Waals surface area (Å²) < 4.78 is 26.2. The van der Waals surface area contributed by atoms with Crippen LogP contribution in [0.25, 0.3) is 0 Å². The van der Waals surface area contributed by atoms with Gasteiger partial charge in [-0.05, 0) is 52.0 Å². The minimum atomic E-state index is -0.253. The van der Waals surface area contributed by atoms with Gasteiger partial charge < -0.3 is 23.6 Å². The number of benzene rings is 1. The molecule has 6 nitrogen and oxygen atoms in total. The van der Waals surface area contributed by atoms with Gasteiger partial charge in [-0.2, -0.15) is 11.6 Å². The van der Waals surface area contributed by atoms with Crippen LogP contribution < -0.4 is 4.74 Å². The first kappa shape index (κ1) is 31.4. The summed E-state index contributed by atoms with van der Waals surface area (Å²) in [4.78, 5) is 12.9. The van der Waals surface area contributed by atoms with Gasteiger partial charge in [0.1, 0.15) is 23.4 Å². The van der Waals surface area contributed by atoms with Gasteiger partial charge in [-0.25, -0.2) is 0 Å². The molecule has 194 valence electrons. The summed E-state index contributed by atoms with van der Waals surface area (Å²) >= 11 is 4.03. The summed E-state index contributed by atoms with van der Waals surface area (Å²) in [5.41, 5.74) is 1.51. The van der Waals surface area contributed by atoms with Gasteiger partial charge in [0.25, 0.3) is 0 Å². The van der Waals surface area contributed by atoms with Crippen molar-refractivity contribution in [2.45, 2.75) is 51.4 Å². The van der Waals surface area contributed by atoms with Gasteiger partial charge in [0, 0.05) is 42.2 Å². The quantitative estimate of drug-likeness (QED) is 0.0861. The second kappa shape index (κ2) is 15.5. The molecule has 2 atom stereocenters. The Labute approximate surface area is 228 Å². The number of hydrogen-bond acceptors (Lipinski definition) is 7. The number of hydrogen-bond donors (Lipinski definition) is 0. The fourth-order valence-corrected chi connectivity index (χ4v) is 5.66. The van der Waals surface area contributed by atoms with Crippen molar-refractivity contribution in [3.8, 4) is 5.75 Å². The Bertz CT molecular complexity index is 902. The van der Waals surface area contributed by atoms with Gasteiger partial charge in [0.15, 0.2) is 5.78 Å². The zero-order chi connectivity index (χ0) is 26.6. The average Bonchev–Trinajstić information content (AvgIpc) is 2.82. The van der Waals surface area contributed by atoms with Crippen LogP contribution in [0.5, 0.6) is 5.75 Å². The number of fused-ring (bicyclic) bond motifs is 1. The van der Waals surface area contributed by atoms with Crippen LogP contribution in [0.4, 0.5) is 0 Å². The normalized spacial score (nSPS) is 17.6. The highest BCUT2D eigenvalue weighted by molar-refractivity contribution is 14.1. The van der Waals surface area contributed by atoms with Crippen LogP contribution in [-0.4, -0.2) is 43.9 Å². The monoisotopic (exact) mass is 616 g/mol. The maximum absolute atomic E-state index is 12.9. The lowest BCUT2D eigenvalue weighted by Crippen LogP contribution is -2.34. The number of Topliss-reactive ketones (excluding diaryl/α,β-unsaturated/α-hetero) is 1. The summed E-state index contributed by atoms with van der Waals surface area (Å²) in [5, 5.41) is 0.208. The zero-order valence-corrected chi connectivity index (χ0v) is 25.0. The van der Waals surface area contributed by atoms with E-state index >= 15 is 0 Å². The lowest BCUT2D eigenvalue weighted by Gasteiger charge is -2.38. The van der Waals surface area contributed by atoms with E-state index in [1.165, 1.54) is 0 Å². The second-order valence-electron chi connectivity index (χ2n) is 8.63. The molecule has 0 aromatic heterocycles. The van der Waals surface area contributed by atoms with Crippen LogP contribution in [0, 0.1) is 5.92 Å². The lowest BCUT2D eigenvalue weighted by atomic mass is 9.91. The molecule has 35 heavy (non-hydrogen) atoms. The Morgan fingerprint density at radius 1 is 1.26 bits per heavy atom. The van der Waals surface area contributed by atoms with Gasteiger partial charge in [-0.3, -0.25) is 4.79 Å². The molecular weight excluding hydrogens is 578 g/mol. The third-order valence-electron chi connectivity index (χ3n) is 5.30. The van der Waals surface area contributed by atoms with E-state index in [-0.39, 0.29) is 26.6 Å². The summed E-state index contributed by atoms with van der Waals surface area (Å²) in [6.45, 7) is 11.7. The summed E-state index contributed by atoms with van der Waals surface area (Å²) in [6, 6.07) is 5.76. The smallest absolute Gasteiger partial charge is 0.435 e. The average molecular weight is 616 g/mol. The molecule has 0 saturated carbocycles. The molecular formula is C26H38BIO6S. The molecule has 9 heteroatoms. The third kappa shape index (κ3) is 10.9. The first-order chi connectivity index (χ1) is 16.5. The van der Waals surface area contributed by atoms with Crippen molar-refractivity contribution in [2.75, 3.05) is 28.4 Å². The standard InChI is InChI=1S/C21H28BIO4S.C5H10O2/c1-7-15(10-14(2)25-5)11-18(24)16-8-9-19-17(12-16)20(28-22(23)26-6)13-21(3,4)27-19;1-5(7-3)4-6-2/h7-10,12,15,20H,1,11,13H2,2-6H3;4H,1-3H3/b14-10+;5-4-. The maximum atomic E-state index is 12.9. The fraction of sp³-hybridized carbons (Fsp3) is 0.500. The van der Waals surface area contributed by atoms with E-state index in [0.717, 1.165) is 29.3 Å². The third-order valence-corrected chi connectivity index (χ3v) is 7.84. The predicted octanol–water partition coefficient (Wildman–Crippen LogP) is 7.15. The van der Waals surface area contributed by atoms with Crippen LogP contribution >= 0.6 is 34.0 Å². The van der Waals surface area contributed by atoms with E-state index < -0.39 is 0 Å². The van der Waals surface area contributed by atoms with Crippen molar-refractivity contribution in [1.29, 1.82) is 0 Å². The Kier molecular flexibility index (Phi) is 13.9. The van der Waals surface area contributed by atoms with Crippen LogP contribution in [-0.2, 0) is 18.9 Å². The van der Waals surface area contributed by atoms with Crippen molar-refractivity contribution in [3.05, 3.63) is 65.8 Å². The number of carbonyl (C=O) groups excluding carboxylic acids is 1. The number of ether oxygens (including phenoxy) is 4. The minimum Gasteiger partial charge on any atom is -0.502 e. The number of methoxy groups -OCH3 is 3. The van der Waals surface area contributed by atoms with E-state index in [2.05, 4.69) is 47.5 Å². The van der Waals surface area contributed by atoms with Crippen molar-refractivity contribution in [2.24, 2.45) is 5.92 Å². The minimum absolute atomic E-state index is 0.0380. The SMILES string of the molecule is C=CC(/C=C(\C)OC)CC(=O)c1ccc2c(c1)C(SB(I)OC)CC(C)(C)O2.CO/C=C(/C)OC. The first-order valence-corrected chi connectivity index (χ1v) is 13.5. The van der Waals surface area contributed by atoms with E-state index in [1.807, 2.05) is 38.1 Å². The van der Waals surface area contributed by atoms with Crippen LogP contribution in [0.3, 0.4) is 0 Å². The van der Waals surface area contributed by atoms with Crippen molar-refractivity contribution in [3.63, 3.8) is 0 Å². The number of allylic oxidation sites excluding steroid dienone is 4. The summed E-state index contributed by atoms with van der Waals surface area (Å²) in [7, 11) is 6.52. The lowest BCUT2D eigenvalue weighted by molar-refractivity contribution is 0.0834. The molecule has 1 heterocycles. The van der Waals surface area contributed by atoms with Gasteiger partial charge in [0.2, 0.25) is 0 Å². The number of carbonyl (C=O) groups is 1. The molecule has 0 saturated heterocycles. The summed E-state index contributed by atoms with van der Waals surface area (Å²) in [6.07, 6.45) is 6.46. The van der Waals surface area contributed by atoms with Crippen LogP contribution in [0.15, 0.2) is 54.7 Å². The zero-order valence-electron chi connectivity index (χ0n) is 22.1. The van der Waals surface area contributed by atoms with E-state index in [0.29, 0.717) is 12.0 Å². The van der Waals surface area contributed by atoms with Gasteiger partial charge in [0.05, 0.1) is 27.1 Å². The van der Waals surface area contributed by atoms with Crippen molar-refractivity contribution >= 4 is 43.8 Å². The number of ketones is 1. The van der Waals surface area contributed by atoms with Gasteiger partial charge in [-0.15, -0.1) is 6.58 Å². The largest absolute Gasteiger partial charge is 0.502 e. The predicted molar refractivity (Wildman–Crippen MR) is 154 cm³/mol. The molecule has 0 amide bonds. The molecule has 0 fully saturated rings. The molecule has 0 bridgehead atoms. The molecule has 0 spiro atoms. The Morgan fingerprint density at radius 2 is 1.91 bits per heavy atom. The van der Waals surface area contributed by atoms with Gasteiger partial charge in [-0.1, -0.05) is 28.5 Å². The first-order valence-electron chi connectivity index (χ1n) is 11.3. The number of rotatable bonds is 11. The molecule has 0 N–H and O–H groups in total. The Hall–Kier alpha value is -1.59. The molecule has 1 aromatic rings. The molecule has 1 aliphatic heterocycles. The Morgan fingerprint density at radius 3 is 2.43 bits per heavy atom. The highest BCUT2D eigenvalue weighted by Gasteiger charge is 2.36. The molecule has 0 aliphatic carbocycles. The molecule has 2 rings (SSSR count). The van der Waals surface area contributed by atoms with Crippen molar-refractivity contribution < 1.29 is 28.4 Å².